The van der Waals surface area contributed by atoms with Gasteiger partial charge in [-0.05, 0) is 50.2 Å². The summed E-state index contributed by atoms with van der Waals surface area (Å²) in [6.45, 7) is 6.69. The summed E-state index contributed by atoms with van der Waals surface area (Å²) >= 11 is 0. The first kappa shape index (κ1) is 16.5. The summed E-state index contributed by atoms with van der Waals surface area (Å²) in [5.74, 6) is 0.0597. The number of rotatable bonds is 8. The maximum Gasteiger partial charge on any atom is 0.238 e. The Morgan fingerprint density at radius 3 is 2.05 bits per heavy atom. The van der Waals surface area contributed by atoms with E-state index in [4.69, 9.17) is 0 Å². The third kappa shape index (κ3) is 5.61. The number of hydrogen-bond acceptors (Lipinski definition) is 3. The lowest BCUT2D eigenvalue weighted by Gasteiger charge is -2.20. The van der Waals surface area contributed by atoms with E-state index in [0.717, 1.165) is 37.3 Å². The van der Waals surface area contributed by atoms with E-state index in [0.29, 0.717) is 6.54 Å². The maximum absolute atomic E-state index is 12.0. The minimum Gasteiger partial charge on any atom is -0.378 e. The van der Waals surface area contributed by atoms with Gasteiger partial charge in [0.1, 0.15) is 0 Å². The van der Waals surface area contributed by atoms with Crippen LogP contribution in [-0.2, 0) is 4.79 Å². The van der Waals surface area contributed by atoms with Crippen LogP contribution < -0.4 is 10.2 Å². The van der Waals surface area contributed by atoms with E-state index >= 15 is 0 Å². The van der Waals surface area contributed by atoms with Crippen LogP contribution in [0.5, 0.6) is 0 Å². The Bertz CT molecular complexity index is 395. The summed E-state index contributed by atoms with van der Waals surface area (Å²) in [6, 6.07) is 7.89. The van der Waals surface area contributed by atoms with Gasteiger partial charge in [-0.2, -0.15) is 0 Å². The number of carbonyl (C=O) groups excluding carboxylic acids is 1. The second kappa shape index (κ2) is 8.59. The summed E-state index contributed by atoms with van der Waals surface area (Å²) in [4.78, 5) is 16.3. The number of anilines is 2. The number of carbonyl (C=O) groups is 1. The molecule has 1 aromatic carbocycles. The highest BCUT2D eigenvalue weighted by molar-refractivity contribution is 5.92. The number of hydrogen-bond donors (Lipinski definition) is 1. The molecule has 1 aromatic rings. The van der Waals surface area contributed by atoms with Gasteiger partial charge < -0.3 is 10.2 Å². The van der Waals surface area contributed by atoms with Gasteiger partial charge in [-0.3, -0.25) is 9.69 Å². The highest BCUT2D eigenvalue weighted by Crippen LogP contribution is 2.15. The normalized spacial score (nSPS) is 10.7. The third-order valence-corrected chi connectivity index (χ3v) is 3.11. The average molecular weight is 277 g/mol. The Hall–Kier alpha value is -1.55. The molecule has 1 N–H and O–H groups in total. The van der Waals surface area contributed by atoms with Gasteiger partial charge in [0.05, 0.1) is 6.54 Å². The molecule has 0 aliphatic rings. The second-order valence-corrected chi connectivity index (χ2v) is 5.27. The van der Waals surface area contributed by atoms with E-state index in [1.807, 2.05) is 43.3 Å². The smallest absolute Gasteiger partial charge is 0.238 e. The van der Waals surface area contributed by atoms with E-state index in [-0.39, 0.29) is 5.91 Å². The average Bonchev–Trinajstić information content (AvgIpc) is 2.39. The van der Waals surface area contributed by atoms with Crippen molar-refractivity contribution in [2.45, 2.75) is 26.7 Å². The van der Waals surface area contributed by atoms with Crippen LogP contribution in [0, 0.1) is 0 Å². The number of amides is 1. The molecule has 1 rings (SSSR count). The first-order valence-corrected chi connectivity index (χ1v) is 7.36. The van der Waals surface area contributed by atoms with Gasteiger partial charge >= 0.3 is 0 Å². The van der Waals surface area contributed by atoms with Crippen LogP contribution in [-0.4, -0.2) is 44.5 Å². The highest BCUT2D eigenvalue weighted by Gasteiger charge is 2.09. The van der Waals surface area contributed by atoms with Crippen molar-refractivity contribution in [2.24, 2.45) is 0 Å². The fourth-order valence-corrected chi connectivity index (χ4v) is 2.15. The van der Waals surface area contributed by atoms with Crippen molar-refractivity contribution < 1.29 is 4.79 Å². The fourth-order valence-electron chi connectivity index (χ4n) is 2.15. The Morgan fingerprint density at radius 1 is 1.05 bits per heavy atom. The molecule has 0 aliphatic carbocycles. The van der Waals surface area contributed by atoms with Gasteiger partial charge in [0, 0.05) is 25.5 Å². The van der Waals surface area contributed by atoms with Gasteiger partial charge in [0.25, 0.3) is 0 Å². The third-order valence-electron chi connectivity index (χ3n) is 3.11. The quantitative estimate of drug-likeness (QED) is 0.793. The molecule has 0 radical (unpaired) electrons. The minimum atomic E-state index is 0.0597. The molecule has 0 unspecified atom stereocenters. The molecule has 0 aromatic heterocycles. The van der Waals surface area contributed by atoms with Crippen molar-refractivity contribution in [2.75, 3.05) is 43.9 Å². The Morgan fingerprint density at radius 2 is 1.60 bits per heavy atom. The second-order valence-electron chi connectivity index (χ2n) is 5.27. The van der Waals surface area contributed by atoms with Crippen LogP contribution in [0.15, 0.2) is 24.3 Å². The first-order valence-electron chi connectivity index (χ1n) is 7.36. The monoisotopic (exact) mass is 277 g/mol. The lowest BCUT2D eigenvalue weighted by Crippen LogP contribution is -2.34. The van der Waals surface area contributed by atoms with Crippen molar-refractivity contribution in [3.63, 3.8) is 0 Å². The number of nitrogens with one attached hydrogen (secondary N) is 1. The van der Waals surface area contributed by atoms with Crippen molar-refractivity contribution in [1.82, 2.24) is 4.90 Å². The molecular formula is C16H27N3O. The molecule has 112 valence electrons. The summed E-state index contributed by atoms with van der Waals surface area (Å²) in [6.07, 6.45) is 2.15. The molecule has 4 heteroatoms. The Balaban J connectivity index is 2.52. The lowest BCUT2D eigenvalue weighted by molar-refractivity contribution is -0.117. The summed E-state index contributed by atoms with van der Waals surface area (Å²) in [5.41, 5.74) is 1.98. The molecule has 0 atom stereocenters. The Kier molecular flexibility index (Phi) is 7.09. The molecule has 0 aliphatic heterocycles. The maximum atomic E-state index is 12.0. The minimum absolute atomic E-state index is 0.0597. The number of benzene rings is 1. The molecule has 0 bridgehead atoms. The predicted octanol–water partition coefficient (Wildman–Crippen LogP) is 2.81. The van der Waals surface area contributed by atoms with Gasteiger partial charge in [-0.15, -0.1) is 0 Å². The van der Waals surface area contributed by atoms with E-state index in [2.05, 4.69) is 24.1 Å². The highest BCUT2D eigenvalue weighted by atomic mass is 16.2. The predicted molar refractivity (Wildman–Crippen MR) is 86.4 cm³/mol. The lowest BCUT2D eigenvalue weighted by atomic mass is 10.2. The zero-order valence-electron chi connectivity index (χ0n) is 13.1. The van der Waals surface area contributed by atoms with Crippen LogP contribution in [0.25, 0.3) is 0 Å². The van der Waals surface area contributed by atoms with Crippen molar-refractivity contribution in [3.8, 4) is 0 Å². The zero-order chi connectivity index (χ0) is 15.0. The zero-order valence-corrected chi connectivity index (χ0v) is 13.1. The van der Waals surface area contributed by atoms with Crippen molar-refractivity contribution in [3.05, 3.63) is 24.3 Å². The molecule has 0 fully saturated rings. The van der Waals surface area contributed by atoms with Crippen molar-refractivity contribution >= 4 is 17.3 Å². The SMILES string of the molecule is CCCN(CCC)CC(=O)Nc1ccc(N(C)C)cc1. The van der Waals surface area contributed by atoms with Crippen LogP contribution >= 0.6 is 0 Å². The Labute approximate surface area is 122 Å². The molecular weight excluding hydrogens is 250 g/mol. The van der Waals surface area contributed by atoms with E-state index in [9.17, 15) is 4.79 Å². The van der Waals surface area contributed by atoms with Gasteiger partial charge in [0.15, 0.2) is 0 Å². The van der Waals surface area contributed by atoms with Gasteiger partial charge in [0.2, 0.25) is 5.91 Å². The molecule has 4 nitrogen and oxygen atoms in total. The number of nitrogens with zero attached hydrogens (tertiary/aromatic N) is 2. The van der Waals surface area contributed by atoms with Gasteiger partial charge in [-0.25, -0.2) is 0 Å². The molecule has 0 saturated carbocycles. The summed E-state index contributed by atoms with van der Waals surface area (Å²) in [7, 11) is 4.00. The van der Waals surface area contributed by atoms with E-state index in [1.165, 1.54) is 0 Å². The molecule has 0 heterocycles. The molecule has 0 spiro atoms. The molecule has 1 amide bonds. The van der Waals surface area contributed by atoms with Crippen LogP contribution in [0.4, 0.5) is 11.4 Å². The largest absolute Gasteiger partial charge is 0.378 e. The summed E-state index contributed by atoms with van der Waals surface area (Å²) in [5, 5.41) is 2.96. The van der Waals surface area contributed by atoms with Crippen LogP contribution in [0.1, 0.15) is 26.7 Å². The molecule has 20 heavy (non-hydrogen) atoms. The standard InChI is InChI=1S/C16H27N3O/c1-5-11-19(12-6-2)13-16(20)17-14-7-9-15(10-8-14)18(3)4/h7-10H,5-6,11-13H2,1-4H3,(H,17,20). The first-order chi connectivity index (χ1) is 9.56. The summed E-state index contributed by atoms with van der Waals surface area (Å²) < 4.78 is 0. The van der Waals surface area contributed by atoms with Gasteiger partial charge in [-0.1, -0.05) is 13.8 Å². The van der Waals surface area contributed by atoms with E-state index < -0.39 is 0 Å². The fraction of sp³-hybridized carbons (Fsp3) is 0.562. The van der Waals surface area contributed by atoms with Crippen LogP contribution in [0.2, 0.25) is 0 Å². The van der Waals surface area contributed by atoms with E-state index in [1.54, 1.807) is 0 Å². The topological polar surface area (TPSA) is 35.6 Å². The van der Waals surface area contributed by atoms with Crippen molar-refractivity contribution in [1.29, 1.82) is 0 Å². The van der Waals surface area contributed by atoms with Crippen LogP contribution in [0.3, 0.4) is 0 Å². The molecule has 0 saturated heterocycles.